The van der Waals surface area contributed by atoms with Crippen molar-refractivity contribution < 1.29 is 14.7 Å². The van der Waals surface area contributed by atoms with E-state index in [-0.39, 0.29) is 5.91 Å². The number of nitrogens with one attached hydrogen (secondary N) is 1. The molecule has 1 atom stereocenters. The van der Waals surface area contributed by atoms with Gasteiger partial charge in [-0.1, -0.05) is 19.1 Å². The van der Waals surface area contributed by atoms with Gasteiger partial charge in [-0.3, -0.25) is 4.79 Å². The van der Waals surface area contributed by atoms with Gasteiger partial charge in [0.15, 0.2) is 0 Å². The first kappa shape index (κ1) is 13.7. The number of hydrogen-bond donors (Lipinski definition) is 2. The smallest absolute Gasteiger partial charge is 0.326 e. The van der Waals surface area contributed by atoms with E-state index in [1.807, 2.05) is 13.0 Å². The molecule has 0 aliphatic heterocycles. The first-order chi connectivity index (χ1) is 7.97. The molecule has 0 fully saturated rings. The molecule has 0 saturated carbocycles. The van der Waals surface area contributed by atoms with Crippen LogP contribution in [0.1, 0.15) is 29.3 Å². The Morgan fingerprint density at radius 1 is 1.47 bits per heavy atom. The van der Waals surface area contributed by atoms with Gasteiger partial charge in [-0.15, -0.1) is 0 Å². The zero-order valence-electron chi connectivity index (χ0n) is 9.66. The molecular weight excluding hydrogens is 286 g/mol. The van der Waals surface area contributed by atoms with Crippen LogP contribution in [0.5, 0.6) is 0 Å². The molecule has 0 unspecified atom stereocenters. The maximum absolute atomic E-state index is 11.9. The molecule has 1 rings (SSSR count). The minimum Gasteiger partial charge on any atom is -0.480 e. The third kappa shape index (κ3) is 3.30. The Kier molecular flexibility index (Phi) is 4.69. The van der Waals surface area contributed by atoms with Crippen LogP contribution in [-0.4, -0.2) is 23.0 Å². The van der Waals surface area contributed by atoms with Crippen molar-refractivity contribution in [3.8, 4) is 0 Å². The second-order valence-corrected chi connectivity index (χ2v) is 4.50. The monoisotopic (exact) mass is 299 g/mol. The fourth-order valence-corrected chi connectivity index (χ4v) is 1.84. The summed E-state index contributed by atoms with van der Waals surface area (Å²) in [5.74, 6) is -1.40. The van der Waals surface area contributed by atoms with Gasteiger partial charge in [-0.05, 0) is 40.9 Å². The summed E-state index contributed by atoms with van der Waals surface area (Å²) in [5, 5.41) is 11.3. The predicted octanol–water partition coefficient (Wildman–Crippen LogP) is 2.35. The average molecular weight is 300 g/mol. The highest BCUT2D eigenvalue weighted by Crippen LogP contribution is 2.21. The lowest BCUT2D eigenvalue weighted by molar-refractivity contribution is -0.139. The van der Waals surface area contributed by atoms with Gasteiger partial charge in [-0.25, -0.2) is 4.79 Å². The normalized spacial score (nSPS) is 11.9. The summed E-state index contributed by atoms with van der Waals surface area (Å²) in [6.45, 7) is 3.58. The number of amides is 1. The molecular formula is C12H14BrNO3. The summed E-state index contributed by atoms with van der Waals surface area (Å²) in [5.41, 5.74) is 1.38. The molecule has 0 radical (unpaired) electrons. The third-order valence-electron chi connectivity index (χ3n) is 2.45. The highest BCUT2D eigenvalue weighted by Gasteiger charge is 2.19. The Morgan fingerprint density at radius 2 is 2.12 bits per heavy atom. The van der Waals surface area contributed by atoms with Gasteiger partial charge in [0.05, 0.1) is 5.56 Å². The largest absolute Gasteiger partial charge is 0.480 e. The summed E-state index contributed by atoms with van der Waals surface area (Å²) in [7, 11) is 0. The summed E-state index contributed by atoms with van der Waals surface area (Å²) in [6, 6.07) is 4.43. The number of carbonyl (C=O) groups is 2. The number of rotatable bonds is 4. The van der Waals surface area contributed by atoms with Gasteiger partial charge < -0.3 is 10.4 Å². The molecule has 5 heteroatoms. The van der Waals surface area contributed by atoms with E-state index in [1.54, 1.807) is 19.1 Å². The maximum Gasteiger partial charge on any atom is 0.326 e. The first-order valence-electron chi connectivity index (χ1n) is 5.26. The van der Waals surface area contributed by atoms with Crippen LogP contribution in [0.4, 0.5) is 0 Å². The summed E-state index contributed by atoms with van der Waals surface area (Å²) in [6.07, 6.45) is 0.352. The minimum atomic E-state index is -1.02. The topological polar surface area (TPSA) is 66.4 Å². The average Bonchev–Trinajstić information content (AvgIpc) is 2.28. The maximum atomic E-state index is 11.9. The van der Waals surface area contributed by atoms with Crippen molar-refractivity contribution in [2.24, 2.45) is 0 Å². The number of carboxylic acids is 1. The summed E-state index contributed by atoms with van der Waals surface area (Å²) < 4.78 is 0.692. The number of carbonyl (C=O) groups excluding carboxylic acids is 1. The fraction of sp³-hybridized carbons (Fsp3) is 0.333. The molecule has 0 saturated heterocycles. The molecule has 0 aliphatic carbocycles. The van der Waals surface area contributed by atoms with Gasteiger partial charge in [0.2, 0.25) is 0 Å². The first-order valence-corrected chi connectivity index (χ1v) is 6.05. The van der Waals surface area contributed by atoms with Crippen LogP contribution in [0.2, 0.25) is 0 Å². The SMILES string of the molecule is CC[C@H](NC(=O)c1cccc(C)c1Br)C(=O)O. The minimum absolute atomic E-state index is 0.352. The number of halogens is 1. The Morgan fingerprint density at radius 3 is 2.65 bits per heavy atom. The van der Waals surface area contributed by atoms with E-state index in [1.165, 1.54) is 0 Å². The van der Waals surface area contributed by atoms with Crippen molar-refractivity contribution in [2.75, 3.05) is 0 Å². The van der Waals surface area contributed by atoms with Crippen molar-refractivity contribution in [1.82, 2.24) is 5.32 Å². The Bertz CT molecular complexity index is 445. The lowest BCUT2D eigenvalue weighted by Gasteiger charge is -2.13. The molecule has 1 aromatic rings. The number of aliphatic carboxylic acids is 1. The Labute approximate surface area is 108 Å². The number of carboxylic acid groups (broad SMARTS) is 1. The molecule has 17 heavy (non-hydrogen) atoms. The van der Waals surface area contributed by atoms with Gasteiger partial charge >= 0.3 is 5.97 Å². The standard InChI is InChI=1S/C12H14BrNO3/c1-3-9(12(16)17)14-11(15)8-6-4-5-7(2)10(8)13/h4-6,9H,3H2,1-2H3,(H,14,15)(H,16,17)/t9-/m0/s1. The van der Waals surface area contributed by atoms with E-state index in [4.69, 9.17) is 5.11 Å². The van der Waals surface area contributed by atoms with Crippen LogP contribution >= 0.6 is 15.9 Å². The van der Waals surface area contributed by atoms with E-state index >= 15 is 0 Å². The van der Waals surface area contributed by atoms with Gasteiger partial charge in [0, 0.05) is 4.47 Å². The second kappa shape index (κ2) is 5.82. The van der Waals surface area contributed by atoms with Crippen molar-refractivity contribution in [2.45, 2.75) is 26.3 Å². The van der Waals surface area contributed by atoms with Crippen molar-refractivity contribution in [3.05, 3.63) is 33.8 Å². The van der Waals surface area contributed by atoms with Gasteiger partial charge in [0.25, 0.3) is 5.91 Å². The molecule has 4 nitrogen and oxygen atoms in total. The number of aryl methyl sites for hydroxylation is 1. The highest BCUT2D eigenvalue weighted by molar-refractivity contribution is 9.10. The van der Waals surface area contributed by atoms with Crippen LogP contribution in [0.25, 0.3) is 0 Å². The van der Waals surface area contributed by atoms with Crippen molar-refractivity contribution in [3.63, 3.8) is 0 Å². The van der Waals surface area contributed by atoms with E-state index in [0.717, 1.165) is 5.56 Å². The molecule has 0 bridgehead atoms. The highest BCUT2D eigenvalue weighted by atomic mass is 79.9. The molecule has 0 aromatic heterocycles. The number of benzene rings is 1. The van der Waals surface area contributed by atoms with Crippen LogP contribution < -0.4 is 5.32 Å². The van der Waals surface area contributed by atoms with Crippen molar-refractivity contribution >= 4 is 27.8 Å². The Balaban J connectivity index is 2.90. The zero-order chi connectivity index (χ0) is 13.0. The van der Waals surface area contributed by atoms with E-state index in [2.05, 4.69) is 21.2 Å². The predicted molar refractivity (Wildman–Crippen MR) is 68.1 cm³/mol. The lowest BCUT2D eigenvalue weighted by atomic mass is 10.1. The molecule has 2 N–H and O–H groups in total. The molecule has 0 heterocycles. The van der Waals surface area contributed by atoms with E-state index in [0.29, 0.717) is 16.5 Å². The molecule has 92 valence electrons. The zero-order valence-corrected chi connectivity index (χ0v) is 11.2. The fourth-order valence-electron chi connectivity index (χ4n) is 1.40. The summed E-state index contributed by atoms with van der Waals surface area (Å²) in [4.78, 5) is 22.7. The molecule has 0 aliphatic rings. The molecule has 1 aromatic carbocycles. The van der Waals surface area contributed by atoms with Gasteiger partial charge in [0.1, 0.15) is 6.04 Å². The lowest BCUT2D eigenvalue weighted by Crippen LogP contribution is -2.40. The van der Waals surface area contributed by atoms with Crippen LogP contribution in [-0.2, 0) is 4.79 Å². The van der Waals surface area contributed by atoms with E-state index in [9.17, 15) is 9.59 Å². The van der Waals surface area contributed by atoms with Gasteiger partial charge in [-0.2, -0.15) is 0 Å². The van der Waals surface area contributed by atoms with Crippen molar-refractivity contribution in [1.29, 1.82) is 0 Å². The van der Waals surface area contributed by atoms with E-state index < -0.39 is 12.0 Å². The molecule has 0 spiro atoms. The summed E-state index contributed by atoms with van der Waals surface area (Å²) >= 11 is 3.32. The van der Waals surface area contributed by atoms with Crippen LogP contribution in [0.15, 0.2) is 22.7 Å². The third-order valence-corrected chi connectivity index (χ3v) is 3.50. The van der Waals surface area contributed by atoms with Crippen LogP contribution in [0, 0.1) is 6.92 Å². The number of hydrogen-bond acceptors (Lipinski definition) is 2. The quantitative estimate of drug-likeness (QED) is 0.897. The van der Waals surface area contributed by atoms with Crippen LogP contribution in [0.3, 0.4) is 0 Å². The molecule has 1 amide bonds. The second-order valence-electron chi connectivity index (χ2n) is 3.71. The Hall–Kier alpha value is -1.36.